The number of benzene rings is 2. The van der Waals surface area contributed by atoms with Crippen LogP contribution in [0.2, 0.25) is 0 Å². The van der Waals surface area contributed by atoms with Crippen molar-refractivity contribution in [2.75, 3.05) is 28.3 Å². The van der Waals surface area contributed by atoms with Crippen LogP contribution in [0.5, 0.6) is 5.75 Å². The fraction of sp³-hybridized carbons (Fsp3) is 0.250. The number of esters is 1. The lowest BCUT2D eigenvalue weighted by Crippen LogP contribution is -2.08. The lowest BCUT2D eigenvalue weighted by atomic mass is 10.0. The molecule has 0 amide bonds. The lowest BCUT2D eigenvalue weighted by molar-refractivity contribution is 0.0602. The van der Waals surface area contributed by atoms with E-state index in [1.54, 1.807) is 24.4 Å². The Bertz CT molecular complexity index is 693. The van der Waals surface area contributed by atoms with Crippen molar-refractivity contribution in [3.8, 4) is 5.75 Å². The summed E-state index contributed by atoms with van der Waals surface area (Å²) in [5.74, 6) is 0.356. The van der Waals surface area contributed by atoms with E-state index in [1.807, 2.05) is 38.4 Å². The maximum Gasteiger partial charge on any atom is 0.340 e. The number of hydrogen-bond donors (Lipinski definition) is 0. The maximum absolute atomic E-state index is 11.9. The van der Waals surface area contributed by atoms with Gasteiger partial charge in [-0.2, -0.15) is 0 Å². The van der Waals surface area contributed by atoms with Crippen LogP contribution in [0.15, 0.2) is 35.3 Å². The van der Waals surface area contributed by atoms with Crippen LogP contribution >= 0.6 is 0 Å². The minimum Gasteiger partial charge on any atom is -0.497 e. The average molecular weight is 286 g/mol. The van der Waals surface area contributed by atoms with E-state index in [-0.39, 0.29) is 0 Å². The average Bonchev–Trinajstić information content (AvgIpc) is 2.50. The summed E-state index contributed by atoms with van der Waals surface area (Å²) < 4.78 is 10.0. The van der Waals surface area contributed by atoms with Gasteiger partial charge in [0.25, 0.3) is 0 Å². The van der Waals surface area contributed by atoms with E-state index in [2.05, 4.69) is 4.99 Å². The summed E-state index contributed by atoms with van der Waals surface area (Å²) >= 11 is 0. The number of fused-ring (bicyclic) bond motifs is 1. The first-order chi connectivity index (χ1) is 10.0. The maximum atomic E-state index is 11.9. The third-order valence-electron chi connectivity index (χ3n) is 3.00. The fourth-order valence-corrected chi connectivity index (χ4v) is 1.95. The first-order valence-electron chi connectivity index (χ1n) is 6.46. The van der Waals surface area contributed by atoms with Gasteiger partial charge in [0.15, 0.2) is 0 Å². The molecule has 5 nitrogen and oxygen atoms in total. The molecular weight excluding hydrogens is 268 g/mol. The van der Waals surface area contributed by atoms with Crippen molar-refractivity contribution in [3.05, 3.63) is 35.9 Å². The summed E-state index contributed by atoms with van der Waals surface area (Å²) in [6.45, 7) is 0. The molecule has 110 valence electrons. The Kier molecular flexibility index (Phi) is 4.42. The molecule has 0 aliphatic heterocycles. The summed E-state index contributed by atoms with van der Waals surface area (Å²) in [6, 6.07) is 9.30. The van der Waals surface area contributed by atoms with Crippen molar-refractivity contribution < 1.29 is 14.3 Å². The predicted molar refractivity (Wildman–Crippen MR) is 83.7 cm³/mol. The van der Waals surface area contributed by atoms with Crippen LogP contribution in [0.25, 0.3) is 10.8 Å². The second kappa shape index (κ2) is 6.26. The molecule has 2 aromatic rings. The van der Waals surface area contributed by atoms with E-state index < -0.39 is 5.97 Å². The van der Waals surface area contributed by atoms with Gasteiger partial charge in [0.2, 0.25) is 0 Å². The molecule has 0 spiro atoms. The Labute approximate surface area is 123 Å². The molecule has 0 aliphatic rings. The summed E-state index contributed by atoms with van der Waals surface area (Å²) in [5, 5.41) is 1.88. The zero-order chi connectivity index (χ0) is 15.4. The zero-order valence-electron chi connectivity index (χ0n) is 12.6. The first kappa shape index (κ1) is 14.8. The number of rotatable bonds is 4. The Morgan fingerprint density at radius 2 is 1.90 bits per heavy atom. The van der Waals surface area contributed by atoms with Crippen LogP contribution in [0.4, 0.5) is 5.69 Å². The molecule has 0 aliphatic carbocycles. The standard InChI is InChI=1S/C16H18N2O3/c1-18(2)10-17-15-9-12-7-13(20-3)6-5-11(12)8-14(15)16(19)21-4/h5-10H,1-4H3/b17-10+. The zero-order valence-corrected chi connectivity index (χ0v) is 12.6. The summed E-state index contributed by atoms with van der Waals surface area (Å²) in [5.41, 5.74) is 1.00. The predicted octanol–water partition coefficient (Wildman–Crippen LogP) is 2.86. The van der Waals surface area contributed by atoms with Gasteiger partial charge in [-0.1, -0.05) is 6.07 Å². The van der Waals surface area contributed by atoms with Gasteiger partial charge in [-0.25, -0.2) is 9.79 Å². The summed E-state index contributed by atoms with van der Waals surface area (Å²) in [7, 11) is 6.71. The largest absolute Gasteiger partial charge is 0.497 e. The van der Waals surface area contributed by atoms with Gasteiger partial charge in [0, 0.05) is 14.1 Å². The van der Waals surface area contributed by atoms with Gasteiger partial charge in [0.05, 0.1) is 31.8 Å². The highest BCUT2D eigenvalue weighted by Gasteiger charge is 2.13. The molecule has 2 aromatic carbocycles. The summed E-state index contributed by atoms with van der Waals surface area (Å²) in [4.78, 5) is 18.1. The van der Waals surface area contributed by atoms with E-state index in [4.69, 9.17) is 9.47 Å². The fourth-order valence-electron chi connectivity index (χ4n) is 1.95. The quantitative estimate of drug-likeness (QED) is 0.492. The van der Waals surface area contributed by atoms with E-state index in [0.29, 0.717) is 11.3 Å². The van der Waals surface area contributed by atoms with Crippen molar-refractivity contribution in [1.29, 1.82) is 0 Å². The van der Waals surface area contributed by atoms with Crippen molar-refractivity contribution in [2.24, 2.45) is 4.99 Å². The van der Waals surface area contributed by atoms with Gasteiger partial charge in [0.1, 0.15) is 5.75 Å². The number of hydrogen-bond acceptors (Lipinski definition) is 4. The van der Waals surface area contributed by atoms with Crippen LogP contribution in [0, 0.1) is 0 Å². The lowest BCUT2D eigenvalue weighted by Gasteiger charge is -2.09. The normalized spacial score (nSPS) is 10.9. The van der Waals surface area contributed by atoms with Crippen LogP contribution in [0.3, 0.4) is 0 Å². The molecule has 0 heterocycles. The van der Waals surface area contributed by atoms with E-state index in [1.165, 1.54) is 7.11 Å². The number of carbonyl (C=O) groups excluding carboxylic acids is 1. The van der Waals surface area contributed by atoms with Crippen LogP contribution in [0.1, 0.15) is 10.4 Å². The van der Waals surface area contributed by atoms with E-state index in [9.17, 15) is 4.79 Å². The molecule has 0 bridgehead atoms. The van der Waals surface area contributed by atoms with Crippen molar-refractivity contribution in [3.63, 3.8) is 0 Å². The number of methoxy groups -OCH3 is 2. The Hall–Kier alpha value is -2.56. The molecule has 0 unspecified atom stereocenters. The molecular formula is C16H18N2O3. The third kappa shape index (κ3) is 3.31. The highest BCUT2D eigenvalue weighted by Crippen LogP contribution is 2.29. The molecule has 0 N–H and O–H groups in total. The minimum atomic E-state index is -0.404. The van der Waals surface area contributed by atoms with Crippen molar-refractivity contribution >= 4 is 28.8 Å². The van der Waals surface area contributed by atoms with Crippen molar-refractivity contribution in [1.82, 2.24) is 4.90 Å². The van der Waals surface area contributed by atoms with Gasteiger partial charge >= 0.3 is 5.97 Å². The molecule has 21 heavy (non-hydrogen) atoms. The third-order valence-corrected chi connectivity index (χ3v) is 3.00. The molecule has 0 aromatic heterocycles. The number of nitrogens with zero attached hydrogens (tertiary/aromatic N) is 2. The second-order valence-corrected chi connectivity index (χ2v) is 4.78. The highest BCUT2D eigenvalue weighted by molar-refractivity contribution is 6.01. The monoisotopic (exact) mass is 286 g/mol. The number of ether oxygens (including phenoxy) is 2. The Morgan fingerprint density at radius 3 is 2.52 bits per heavy atom. The van der Waals surface area contributed by atoms with Gasteiger partial charge in [-0.3, -0.25) is 0 Å². The van der Waals surface area contributed by atoms with E-state index in [0.717, 1.165) is 16.5 Å². The molecule has 5 heteroatoms. The van der Waals surface area contributed by atoms with E-state index >= 15 is 0 Å². The Morgan fingerprint density at radius 1 is 1.14 bits per heavy atom. The molecule has 0 saturated carbocycles. The molecule has 0 radical (unpaired) electrons. The number of carbonyl (C=O) groups is 1. The van der Waals surface area contributed by atoms with Crippen molar-refractivity contribution in [2.45, 2.75) is 0 Å². The van der Waals surface area contributed by atoms with Crippen LogP contribution < -0.4 is 4.74 Å². The second-order valence-electron chi connectivity index (χ2n) is 4.78. The molecule has 2 rings (SSSR count). The SMILES string of the molecule is COC(=O)c1cc2ccc(OC)cc2cc1/N=C/N(C)C. The Balaban J connectivity index is 2.62. The first-order valence-corrected chi connectivity index (χ1v) is 6.46. The van der Waals surface area contributed by atoms with Gasteiger partial charge in [-0.05, 0) is 35.0 Å². The van der Waals surface area contributed by atoms with Crippen LogP contribution in [-0.2, 0) is 4.74 Å². The molecule has 0 atom stereocenters. The minimum absolute atomic E-state index is 0.404. The topological polar surface area (TPSA) is 51.1 Å². The smallest absolute Gasteiger partial charge is 0.340 e. The van der Waals surface area contributed by atoms with Gasteiger partial charge < -0.3 is 14.4 Å². The van der Waals surface area contributed by atoms with Gasteiger partial charge in [-0.15, -0.1) is 0 Å². The van der Waals surface area contributed by atoms with Crippen LogP contribution in [-0.4, -0.2) is 45.5 Å². The molecule has 0 fully saturated rings. The highest BCUT2D eigenvalue weighted by atomic mass is 16.5. The molecule has 0 saturated heterocycles. The summed E-state index contributed by atoms with van der Waals surface area (Å²) in [6.07, 6.45) is 1.65. The number of aliphatic imine (C=N–C) groups is 1.